The van der Waals surface area contributed by atoms with Crippen LogP contribution in [-0.2, 0) is 16.1 Å². The van der Waals surface area contributed by atoms with E-state index in [0.29, 0.717) is 51.6 Å². The first-order valence-electron chi connectivity index (χ1n) is 17.9. The molecule has 0 amide bonds. The van der Waals surface area contributed by atoms with Gasteiger partial charge in [0, 0.05) is 43.8 Å². The molecule has 6 heterocycles. The maximum atomic E-state index is 13.5. The fraction of sp³-hybridized carbons (Fsp3) is 0.244. The van der Waals surface area contributed by atoms with Crippen LogP contribution in [0, 0.1) is 17.1 Å². The highest BCUT2D eigenvalue weighted by Gasteiger charge is 2.21. The van der Waals surface area contributed by atoms with Crippen molar-refractivity contribution in [3.8, 4) is 34.5 Å². The number of pyridine rings is 3. The van der Waals surface area contributed by atoms with Gasteiger partial charge in [-0.25, -0.2) is 29.3 Å². The highest BCUT2D eigenvalue weighted by molar-refractivity contribution is 5.84. The Kier molecular flexibility index (Phi) is 15.7. The summed E-state index contributed by atoms with van der Waals surface area (Å²) >= 11 is 0. The molecule has 0 saturated carbocycles. The second-order valence-electron chi connectivity index (χ2n) is 11.7. The predicted octanol–water partition coefficient (Wildman–Crippen LogP) is 7.00. The molecule has 0 bridgehead atoms. The fourth-order valence-corrected chi connectivity index (χ4v) is 5.68. The number of anilines is 2. The fourth-order valence-electron chi connectivity index (χ4n) is 5.68. The summed E-state index contributed by atoms with van der Waals surface area (Å²) in [5.74, 6) is 1.44. The van der Waals surface area contributed by atoms with E-state index < -0.39 is 5.82 Å². The van der Waals surface area contributed by atoms with Crippen molar-refractivity contribution in [2.24, 2.45) is 0 Å². The van der Waals surface area contributed by atoms with E-state index in [-0.39, 0.29) is 5.82 Å². The number of imidazole rings is 1. The van der Waals surface area contributed by atoms with Crippen LogP contribution in [0.2, 0.25) is 0 Å². The molecule has 1 aliphatic heterocycles. The third-order valence-electron chi connectivity index (χ3n) is 8.14. The van der Waals surface area contributed by atoms with Gasteiger partial charge < -0.3 is 15.8 Å². The lowest BCUT2D eigenvalue weighted by molar-refractivity contribution is -0.106. The van der Waals surface area contributed by atoms with Crippen LogP contribution in [-0.4, -0.2) is 71.1 Å². The Hall–Kier alpha value is -6.72. The minimum atomic E-state index is -0.405. The van der Waals surface area contributed by atoms with Crippen molar-refractivity contribution in [2.45, 2.75) is 53.1 Å². The molecule has 7 rings (SSSR count). The van der Waals surface area contributed by atoms with Crippen molar-refractivity contribution in [3.05, 3.63) is 115 Å². The van der Waals surface area contributed by atoms with E-state index >= 15 is 0 Å². The van der Waals surface area contributed by atoms with E-state index in [1.54, 1.807) is 37.5 Å². The first kappa shape index (κ1) is 41.0. The summed E-state index contributed by atoms with van der Waals surface area (Å²) in [5.41, 5.74) is 11.5. The molecule has 5 aromatic heterocycles. The Balaban J connectivity index is 0.000000608. The molecule has 282 valence electrons. The van der Waals surface area contributed by atoms with Gasteiger partial charge in [-0.15, -0.1) is 0 Å². The molecule has 6 aromatic rings. The molecule has 13 nitrogen and oxygen atoms in total. The van der Waals surface area contributed by atoms with E-state index in [0.717, 1.165) is 50.7 Å². The molecule has 1 aromatic carbocycles. The zero-order chi connectivity index (χ0) is 39.6. The largest absolute Gasteiger partial charge is 0.383 e. The van der Waals surface area contributed by atoms with Crippen molar-refractivity contribution < 1.29 is 14.0 Å². The number of nitrogens with two attached hydrogens (primary N) is 1. The summed E-state index contributed by atoms with van der Waals surface area (Å²) in [6.07, 6.45) is 11.0. The first-order valence-corrected chi connectivity index (χ1v) is 17.9. The van der Waals surface area contributed by atoms with E-state index in [1.807, 2.05) is 48.7 Å². The average molecular weight is 742 g/mol. The average Bonchev–Trinajstić information content (AvgIpc) is 3.60. The number of fused-ring (bicyclic) bond motifs is 1. The van der Waals surface area contributed by atoms with E-state index in [4.69, 9.17) is 25.8 Å². The molecule has 1 aliphatic rings. The molecule has 0 radical (unpaired) electrons. The van der Waals surface area contributed by atoms with Gasteiger partial charge in [0.1, 0.15) is 41.6 Å². The van der Waals surface area contributed by atoms with Crippen molar-refractivity contribution >= 4 is 35.4 Å². The van der Waals surface area contributed by atoms with Crippen LogP contribution in [0.4, 0.5) is 16.0 Å². The summed E-state index contributed by atoms with van der Waals surface area (Å²) in [4.78, 5) is 47.0. The lowest BCUT2D eigenvalue weighted by Gasteiger charge is -2.32. The number of aldehydes is 2. The number of allylic oxidation sites excluding steroid dienone is 2. The van der Waals surface area contributed by atoms with Gasteiger partial charge in [-0.05, 0) is 92.9 Å². The minimum absolute atomic E-state index is 0.168. The highest BCUT2D eigenvalue weighted by Crippen LogP contribution is 2.32. The number of benzene rings is 1. The lowest BCUT2D eigenvalue weighted by atomic mass is 10.0. The van der Waals surface area contributed by atoms with Gasteiger partial charge in [-0.3, -0.25) is 19.2 Å². The molecule has 55 heavy (non-hydrogen) atoms. The topological polar surface area (TPSA) is 181 Å². The Morgan fingerprint density at radius 2 is 1.64 bits per heavy atom. The molecule has 14 heteroatoms. The molecule has 0 spiro atoms. The van der Waals surface area contributed by atoms with Crippen LogP contribution < -0.4 is 11.1 Å². The summed E-state index contributed by atoms with van der Waals surface area (Å²) < 4.78 is 15.5. The van der Waals surface area contributed by atoms with E-state index in [1.165, 1.54) is 30.8 Å². The van der Waals surface area contributed by atoms with Crippen molar-refractivity contribution in [1.29, 1.82) is 5.26 Å². The molecule has 0 unspecified atom stereocenters. The minimum Gasteiger partial charge on any atom is -0.383 e. The quantitative estimate of drug-likeness (QED) is 0.121. The maximum Gasteiger partial charge on any atom is 0.234 e. The van der Waals surface area contributed by atoms with Crippen LogP contribution in [0.3, 0.4) is 0 Å². The Morgan fingerprint density at radius 1 is 0.909 bits per heavy atom. The first-order chi connectivity index (χ1) is 26.9. The highest BCUT2D eigenvalue weighted by atomic mass is 19.1. The Labute approximate surface area is 319 Å². The monoisotopic (exact) mass is 741 g/mol. The molecule has 3 N–H and O–H groups in total. The third-order valence-corrected chi connectivity index (χ3v) is 8.14. The Morgan fingerprint density at radius 3 is 2.25 bits per heavy atom. The summed E-state index contributed by atoms with van der Waals surface area (Å²) in [6, 6.07) is 22.9. The SMILES string of the molecule is C/C=C\C=O.CC.CC=O.N#Cc1nccc(NC2CCN(Cc3ccc(-n4c(-c5cccnc5N)nc5ccc(-c6ccc(F)cn6)nc54)cc3)CC2)n1. The van der Waals surface area contributed by atoms with Crippen LogP contribution in [0.15, 0.2) is 97.5 Å². The van der Waals surface area contributed by atoms with Crippen LogP contribution in [0.1, 0.15) is 51.9 Å². The summed E-state index contributed by atoms with van der Waals surface area (Å²) in [7, 11) is 0. The van der Waals surface area contributed by atoms with Crippen molar-refractivity contribution in [2.75, 3.05) is 24.1 Å². The Bertz CT molecular complexity index is 2210. The normalized spacial score (nSPS) is 12.6. The van der Waals surface area contributed by atoms with E-state index in [2.05, 4.69) is 54.4 Å². The molecule has 1 saturated heterocycles. The van der Waals surface area contributed by atoms with Crippen LogP contribution >= 0.6 is 0 Å². The number of likely N-dealkylation sites (tertiary alicyclic amines) is 1. The molecule has 0 atom stereocenters. The number of nitrogens with zero attached hydrogens (tertiary/aromatic N) is 9. The number of piperidine rings is 1. The smallest absolute Gasteiger partial charge is 0.234 e. The lowest BCUT2D eigenvalue weighted by Crippen LogP contribution is -2.38. The van der Waals surface area contributed by atoms with Crippen molar-refractivity contribution in [1.82, 2.24) is 39.4 Å². The number of hydrogen-bond acceptors (Lipinski definition) is 12. The molecular weight excluding hydrogens is 698 g/mol. The summed E-state index contributed by atoms with van der Waals surface area (Å²) in [5, 5.41) is 12.5. The third kappa shape index (κ3) is 11.1. The van der Waals surface area contributed by atoms with Gasteiger partial charge in [0.05, 0.1) is 23.1 Å². The van der Waals surface area contributed by atoms with E-state index in [9.17, 15) is 9.18 Å². The number of rotatable bonds is 8. The number of nitrogens with one attached hydrogen (secondary N) is 1. The number of carbonyl (C=O) groups is 2. The standard InChI is InChI=1S/C33H28FN11.C4H6O.C2H4O.C2H6/c34-22-5-8-26(39-19-22)27-9-10-28-33(41-27)45(32(42-28)25-2-1-14-38-31(25)36)24-6-3-21(4-7-24)20-44-16-12-23(13-17-44)40-29-11-15-37-30(18-35)43-29;1-2-3-4-5;1-2-3;1-2/h1-11,14-15,19,23H,12-13,16-17,20H2,(H2,36,38)(H,37,40,43);2-4H,1H3;2H,1H3;1-2H3/b;3-2-;;. The van der Waals surface area contributed by atoms with Gasteiger partial charge in [-0.1, -0.05) is 32.1 Å². The van der Waals surface area contributed by atoms with Gasteiger partial charge in [0.25, 0.3) is 0 Å². The predicted molar refractivity (Wildman–Crippen MR) is 212 cm³/mol. The van der Waals surface area contributed by atoms with Gasteiger partial charge in [-0.2, -0.15) is 5.26 Å². The molecular formula is C41H44FN11O2. The van der Waals surface area contributed by atoms with Crippen molar-refractivity contribution in [3.63, 3.8) is 0 Å². The van der Waals surface area contributed by atoms with Crippen LogP contribution in [0.5, 0.6) is 0 Å². The van der Waals surface area contributed by atoms with Gasteiger partial charge in [0.15, 0.2) is 11.5 Å². The van der Waals surface area contributed by atoms with Gasteiger partial charge >= 0.3 is 0 Å². The number of nitrogen functional groups attached to an aromatic ring is 1. The molecule has 0 aliphatic carbocycles. The number of aromatic nitrogens is 7. The van der Waals surface area contributed by atoms with Gasteiger partial charge in [0.2, 0.25) is 5.82 Å². The zero-order valence-electron chi connectivity index (χ0n) is 31.3. The number of hydrogen-bond donors (Lipinski definition) is 2. The van der Waals surface area contributed by atoms with Crippen LogP contribution in [0.25, 0.3) is 39.6 Å². The second kappa shape index (κ2) is 21.1. The maximum absolute atomic E-state index is 13.5. The number of halogens is 1. The second-order valence-corrected chi connectivity index (χ2v) is 11.7. The zero-order valence-corrected chi connectivity index (χ0v) is 31.3. The molecule has 1 fully saturated rings. The summed E-state index contributed by atoms with van der Waals surface area (Å²) in [6.45, 7) is 9.95. The number of nitriles is 1. The number of carbonyl (C=O) groups excluding carboxylic acids is 2.